The van der Waals surface area contributed by atoms with Gasteiger partial charge in [0.25, 0.3) is 5.91 Å². The van der Waals surface area contributed by atoms with E-state index in [0.717, 1.165) is 24.0 Å². The summed E-state index contributed by atoms with van der Waals surface area (Å²) in [5.41, 5.74) is 10.4. The van der Waals surface area contributed by atoms with E-state index in [1.807, 2.05) is 55.2 Å². The molecule has 0 radical (unpaired) electrons. The van der Waals surface area contributed by atoms with Gasteiger partial charge in [-0.1, -0.05) is 50.2 Å². The molecule has 218 valence electrons. The molecule has 0 fully saturated rings. The highest BCUT2D eigenvalue weighted by Crippen LogP contribution is 2.29. The molecule has 42 heavy (non-hydrogen) atoms. The molecule has 3 amide bonds. The van der Waals surface area contributed by atoms with E-state index in [2.05, 4.69) is 20.6 Å². The number of fused-ring (bicyclic) bond motifs is 1. The lowest BCUT2D eigenvalue weighted by molar-refractivity contribution is -0.127. The molecule has 0 unspecified atom stereocenters. The number of hydrogen-bond acceptors (Lipinski definition) is 7. The molecule has 0 atom stereocenters. The van der Waals surface area contributed by atoms with Crippen LogP contribution in [0, 0.1) is 0 Å². The SMILES string of the molecule is CCCN(CCC)C(=O)C1=Cc2ccc(C(=O)Nc3cncc(CNC(=O)OCc4ccccc4)c3)cc2N=C(N)C1. The van der Waals surface area contributed by atoms with Crippen LogP contribution in [0.4, 0.5) is 16.2 Å². The summed E-state index contributed by atoms with van der Waals surface area (Å²) in [4.78, 5) is 48.9. The van der Waals surface area contributed by atoms with Gasteiger partial charge in [0.15, 0.2) is 0 Å². The van der Waals surface area contributed by atoms with Gasteiger partial charge in [-0.25, -0.2) is 9.79 Å². The van der Waals surface area contributed by atoms with Crippen molar-refractivity contribution in [2.45, 2.75) is 46.3 Å². The Morgan fingerprint density at radius 3 is 2.48 bits per heavy atom. The second-order valence-corrected chi connectivity index (χ2v) is 9.97. The first-order chi connectivity index (χ1) is 20.4. The molecule has 0 bridgehead atoms. The Hall–Kier alpha value is -4.99. The van der Waals surface area contributed by atoms with Crippen LogP contribution in [0.3, 0.4) is 0 Å². The zero-order chi connectivity index (χ0) is 29.9. The first-order valence-electron chi connectivity index (χ1n) is 14.0. The fraction of sp³-hybridized carbons (Fsp3) is 0.281. The number of aromatic nitrogens is 1. The lowest BCUT2D eigenvalue weighted by Crippen LogP contribution is -2.34. The molecule has 10 nitrogen and oxygen atoms in total. The standard InChI is InChI=1S/C32H36N6O4/c1-3-12-38(13-4-2)31(40)26-15-24-10-11-25(16-28(24)37-29(33)17-26)30(39)36-27-14-23(18-34-20-27)19-35-32(41)42-21-22-8-6-5-7-9-22/h5-11,14-16,18,20H,3-4,12-13,17,19,21H2,1-2H3,(H2,33,37)(H,35,41)(H,36,39). The summed E-state index contributed by atoms with van der Waals surface area (Å²) in [6, 6.07) is 16.2. The maximum atomic E-state index is 13.2. The van der Waals surface area contributed by atoms with E-state index in [9.17, 15) is 14.4 Å². The second-order valence-electron chi connectivity index (χ2n) is 9.97. The Morgan fingerprint density at radius 2 is 1.74 bits per heavy atom. The normalized spacial score (nSPS) is 12.2. The fourth-order valence-corrected chi connectivity index (χ4v) is 4.53. The van der Waals surface area contributed by atoms with Crippen LogP contribution in [0.25, 0.3) is 6.08 Å². The van der Waals surface area contributed by atoms with Gasteiger partial charge < -0.3 is 26.0 Å². The van der Waals surface area contributed by atoms with E-state index in [4.69, 9.17) is 10.5 Å². The summed E-state index contributed by atoms with van der Waals surface area (Å²) in [5.74, 6) is -0.0919. The summed E-state index contributed by atoms with van der Waals surface area (Å²) < 4.78 is 5.23. The van der Waals surface area contributed by atoms with Crippen molar-refractivity contribution in [3.05, 3.63) is 94.8 Å². The largest absolute Gasteiger partial charge is 0.445 e. The van der Waals surface area contributed by atoms with Gasteiger partial charge in [-0.05, 0) is 48.2 Å². The van der Waals surface area contributed by atoms with E-state index >= 15 is 0 Å². The van der Waals surface area contributed by atoms with Crippen LogP contribution >= 0.6 is 0 Å². The highest BCUT2D eigenvalue weighted by atomic mass is 16.5. The predicted molar refractivity (Wildman–Crippen MR) is 163 cm³/mol. The molecule has 4 rings (SSSR count). The number of amides is 3. The van der Waals surface area contributed by atoms with Crippen LogP contribution in [-0.2, 0) is 22.7 Å². The molecule has 1 aliphatic heterocycles. The topological polar surface area (TPSA) is 139 Å². The van der Waals surface area contributed by atoms with Crippen molar-refractivity contribution in [1.29, 1.82) is 0 Å². The van der Waals surface area contributed by atoms with Crippen LogP contribution in [0.1, 0.15) is 60.2 Å². The Kier molecular flexibility index (Phi) is 10.4. The molecule has 1 aliphatic rings. The zero-order valence-corrected chi connectivity index (χ0v) is 23.9. The molecule has 0 saturated heterocycles. The van der Waals surface area contributed by atoms with E-state index in [-0.39, 0.29) is 31.4 Å². The number of pyridine rings is 1. The number of carbonyl (C=O) groups excluding carboxylic acids is 3. The monoisotopic (exact) mass is 568 g/mol. The van der Waals surface area contributed by atoms with Crippen LogP contribution in [0.2, 0.25) is 0 Å². The number of hydrogen-bond donors (Lipinski definition) is 3. The summed E-state index contributed by atoms with van der Waals surface area (Å²) in [7, 11) is 0. The molecule has 1 aromatic heterocycles. The third-order valence-corrected chi connectivity index (χ3v) is 6.51. The predicted octanol–water partition coefficient (Wildman–Crippen LogP) is 5.18. The Morgan fingerprint density at radius 1 is 0.976 bits per heavy atom. The molecule has 4 N–H and O–H groups in total. The third kappa shape index (κ3) is 8.26. The number of nitrogens with zero attached hydrogens (tertiary/aromatic N) is 3. The van der Waals surface area contributed by atoms with Gasteiger partial charge in [0, 0.05) is 49.0 Å². The van der Waals surface area contributed by atoms with E-state index < -0.39 is 6.09 Å². The minimum atomic E-state index is -0.555. The van der Waals surface area contributed by atoms with Gasteiger partial charge in [-0.2, -0.15) is 0 Å². The van der Waals surface area contributed by atoms with Crippen molar-refractivity contribution >= 4 is 41.2 Å². The molecular formula is C32H36N6O4. The highest BCUT2D eigenvalue weighted by molar-refractivity contribution is 6.07. The van der Waals surface area contributed by atoms with Crippen LogP contribution in [0.5, 0.6) is 0 Å². The summed E-state index contributed by atoms with van der Waals surface area (Å²) in [6.45, 7) is 5.79. The van der Waals surface area contributed by atoms with Gasteiger partial charge in [0.1, 0.15) is 12.4 Å². The van der Waals surface area contributed by atoms with Crippen molar-refractivity contribution in [2.24, 2.45) is 10.7 Å². The number of nitrogens with one attached hydrogen (secondary N) is 2. The molecule has 10 heteroatoms. The number of ether oxygens (including phenoxy) is 1. The van der Waals surface area contributed by atoms with Crippen molar-refractivity contribution in [1.82, 2.24) is 15.2 Å². The minimum absolute atomic E-state index is 0.0437. The number of aliphatic imine (C=N–C) groups is 1. The molecule has 2 aromatic carbocycles. The highest BCUT2D eigenvalue weighted by Gasteiger charge is 2.21. The average Bonchev–Trinajstić information content (AvgIpc) is 3.16. The number of rotatable bonds is 11. The van der Waals surface area contributed by atoms with E-state index in [1.54, 1.807) is 30.5 Å². The van der Waals surface area contributed by atoms with Crippen molar-refractivity contribution in [3.63, 3.8) is 0 Å². The van der Waals surface area contributed by atoms with Gasteiger partial charge in [0.05, 0.1) is 17.6 Å². The molecular weight excluding hydrogens is 532 g/mol. The molecule has 0 saturated carbocycles. The average molecular weight is 569 g/mol. The Bertz CT molecular complexity index is 1480. The molecule has 0 spiro atoms. The summed E-state index contributed by atoms with van der Waals surface area (Å²) in [5, 5.41) is 5.52. The van der Waals surface area contributed by atoms with Gasteiger partial charge in [-0.15, -0.1) is 0 Å². The number of nitrogens with two attached hydrogens (primary N) is 1. The Balaban J connectivity index is 1.40. The van der Waals surface area contributed by atoms with Gasteiger partial charge in [0.2, 0.25) is 5.91 Å². The first-order valence-corrected chi connectivity index (χ1v) is 14.0. The van der Waals surface area contributed by atoms with Crippen LogP contribution in [-0.4, -0.2) is 46.7 Å². The first kappa shape index (κ1) is 30.0. The number of anilines is 1. The van der Waals surface area contributed by atoms with Crippen molar-refractivity contribution < 1.29 is 19.1 Å². The summed E-state index contributed by atoms with van der Waals surface area (Å²) in [6.07, 6.45) is 6.35. The van der Waals surface area contributed by atoms with Crippen LogP contribution < -0.4 is 16.4 Å². The third-order valence-electron chi connectivity index (χ3n) is 6.51. The van der Waals surface area contributed by atoms with Gasteiger partial charge in [-0.3, -0.25) is 14.6 Å². The second kappa shape index (κ2) is 14.6. The van der Waals surface area contributed by atoms with E-state index in [1.165, 1.54) is 6.20 Å². The quantitative estimate of drug-likeness (QED) is 0.291. The van der Waals surface area contributed by atoms with Crippen LogP contribution in [0.15, 0.2) is 77.6 Å². The van der Waals surface area contributed by atoms with Crippen molar-refractivity contribution in [3.8, 4) is 0 Å². The lowest BCUT2D eigenvalue weighted by atomic mass is 10.0. The maximum absolute atomic E-state index is 13.2. The molecule has 3 aromatic rings. The van der Waals surface area contributed by atoms with Gasteiger partial charge >= 0.3 is 6.09 Å². The Labute approximate surface area is 245 Å². The number of alkyl carbamates (subject to hydrolysis) is 1. The maximum Gasteiger partial charge on any atom is 0.407 e. The number of carbonyl (C=O) groups is 3. The minimum Gasteiger partial charge on any atom is -0.445 e. The number of amidine groups is 1. The molecule has 2 heterocycles. The van der Waals surface area contributed by atoms with Crippen molar-refractivity contribution in [2.75, 3.05) is 18.4 Å². The lowest BCUT2D eigenvalue weighted by Gasteiger charge is -2.22. The number of benzene rings is 2. The summed E-state index contributed by atoms with van der Waals surface area (Å²) >= 11 is 0. The fourth-order valence-electron chi connectivity index (χ4n) is 4.53. The smallest absolute Gasteiger partial charge is 0.407 e. The molecule has 0 aliphatic carbocycles. The zero-order valence-electron chi connectivity index (χ0n) is 23.9. The van der Waals surface area contributed by atoms with E-state index in [0.29, 0.717) is 47.0 Å².